The molecule has 0 saturated carbocycles. The lowest BCUT2D eigenvalue weighted by molar-refractivity contribution is -0.138. The number of esters is 1. The van der Waals surface area contributed by atoms with Gasteiger partial charge in [-0.2, -0.15) is 0 Å². The van der Waals surface area contributed by atoms with Gasteiger partial charge in [-0.25, -0.2) is 9.79 Å². The normalized spacial score (nSPS) is 14.9. The Kier molecular flexibility index (Phi) is 8.72. The van der Waals surface area contributed by atoms with Crippen LogP contribution in [0.4, 0.5) is 0 Å². The number of thiazole rings is 1. The molecule has 0 bridgehead atoms. The van der Waals surface area contributed by atoms with Crippen molar-refractivity contribution in [1.82, 2.24) is 4.57 Å². The summed E-state index contributed by atoms with van der Waals surface area (Å²) in [6, 6.07) is 26.2. The summed E-state index contributed by atoms with van der Waals surface area (Å²) >= 11 is 9.98. The molecule has 0 amide bonds. The van der Waals surface area contributed by atoms with E-state index in [4.69, 9.17) is 14.1 Å². The molecule has 1 aliphatic heterocycles. The average Bonchev–Trinajstić information content (AvgIpc) is 3.62. The molecule has 0 unspecified atom stereocenters. The number of fused-ring (bicyclic) bond motifs is 1. The zero-order chi connectivity index (χ0) is 30.1. The smallest absolute Gasteiger partial charge is 0.338 e. The van der Waals surface area contributed by atoms with E-state index >= 15 is 0 Å². The molecule has 5 aromatic rings. The molecule has 0 radical (unpaired) electrons. The second kappa shape index (κ2) is 12.7. The molecule has 0 N–H and O–H groups in total. The second-order valence-electron chi connectivity index (χ2n) is 9.53. The SMILES string of the molecule is CCOC(=O)C1=C(c2ccccc2)N=c2s/c(=C/c3ccc(-c4cc(Br)ccc4Br)o3)c(=O)n2[C@@H]1c1ccc(SC)cc1. The van der Waals surface area contributed by atoms with Crippen molar-refractivity contribution in [2.75, 3.05) is 12.9 Å². The Hall–Kier alpha value is -3.44. The fourth-order valence-corrected chi connectivity index (χ4v) is 7.13. The predicted octanol–water partition coefficient (Wildman–Crippen LogP) is 7.44. The van der Waals surface area contributed by atoms with E-state index in [1.54, 1.807) is 29.3 Å². The van der Waals surface area contributed by atoms with E-state index in [1.807, 2.05) is 91.2 Å². The molecule has 6 rings (SSSR count). The van der Waals surface area contributed by atoms with Crippen molar-refractivity contribution in [2.24, 2.45) is 4.99 Å². The molecule has 2 aromatic heterocycles. The minimum atomic E-state index is -0.728. The number of carbonyl (C=O) groups is 1. The van der Waals surface area contributed by atoms with Gasteiger partial charge in [0.25, 0.3) is 5.56 Å². The molecule has 3 heterocycles. The van der Waals surface area contributed by atoms with Crippen LogP contribution in [0.1, 0.15) is 29.9 Å². The summed E-state index contributed by atoms with van der Waals surface area (Å²) in [6.45, 7) is 1.96. The molecule has 43 heavy (non-hydrogen) atoms. The van der Waals surface area contributed by atoms with Gasteiger partial charge >= 0.3 is 5.97 Å². The Morgan fingerprint density at radius 2 is 1.84 bits per heavy atom. The van der Waals surface area contributed by atoms with Crippen molar-refractivity contribution < 1.29 is 13.9 Å². The van der Waals surface area contributed by atoms with Crippen molar-refractivity contribution in [3.05, 3.63) is 136 Å². The number of halogens is 2. The van der Waals surface area contributed by atoms with Crippen LogP contribution in [0, 0.1) is 0 Å². The third kappa shape index (κ3) is 5.89. The van der Waals surface area contributed by atoms with Gasteiger partial charge in [-0.3, -0.25) is 9.36 Å². The van der Waals surface area contributed by atoms with Gasteiger partial charge in [-0.05, 0) is 61.2 Å². The number of hydrogen-bond acceptors (Lipinski definition) is 7. The van der Waals surface area contributed by atoms with Crippen LogP contribution in [0.3, 0.4) is 0 Å². The third-order valence-electron chi connectivity index (χ3n) is 6.90. The monoisotopic (exact) mass is 734 g/mol. The molecule has 216 valence electrons. The molecule has 1 aliphatic rings. The van der Waals surface area contributed by atoms with Gasteiger partial charge < -0.3 is 9.15 Å². The summed E-state index contributed by atoms with van der Waals surface area (Å²) < 4.78 is 15.6. The number of furan rings is 1. The maximum absolute atomic E-state index is 14.1. The van der Waals surface area contributed by atoms with Crippen LogP contribution in [0.5, 0.6) is 0 Å². The van der Waals surface area contributed by atoms with Crippen molar-refractivity contribution in [1.29, 1.82) is 0 Å². The summed E-state index contributed by atoms with van der Waals surface area (Å²) in [7, 11) is 0. The Morgan fingerprint density at radius 3 is 2.56 bits per heavy atom. The summed E-state index contributed by atoms with van der Waals surface area (Å²) in [5.41, 5.74) is 2.99. The zero-order valence-corrected chi connectivity index (χ0v) is 27.8. The topological polar surface area (TPSA) is 73.8 Å². The molecule has 0 aliphatic carbocycles. The maximum atomic E-state index is 14.1. The molecule has 0 fully saturated rings. The van der Waals surface area contributed by atoms with Gasteiger partial charge in [0.15, 0.2) is 4.80 Å². The van der Waals surface area contributed by atoms with Crippen LogP contribution >= 0.6 is 55.0 Å². The van der Waals surface area contributed by atoms with Gasteiger partial charge in [-0.1, -0.05) is 85.7 Å². The lowest BCUT2D eigenvalue weighted by Gasteiger charge is -2.26. The van der Waals surface area contributed by atoms with Gasteiger partial charge in [0.2, 0.25) is 0 Å². The van der Waals surface area contributed by atoms with E-state index in [2.05, 4.69) is 31.9 Å². The highest BCUT2D eigenvalue weighted by molar-refractivity contribution is 9.11. The lowest BCUT2D eigenvalue weighted by Crippen LogP contribution is -2.40. The Balaban J connectivity index is 1.56. The van der Waals surface area contributed by atoms with Crippen molar-refractivity contribution >= 4 is 72.7 Å². The highest BCUT2D eigenvalue weighted by atomic mass is 79.9. The van der Waals surface area contributed by atoms with Crippen LogP contribution in [0.2, 0.25) is 0 Å². The third-order valence-corrected chi connectivity index (χ3v) is 9.81. The van der Waals surface area contributed by atoms with Crippen LogP contribution in [0.15, 0.2) is 119 Å². The van der Waals surface area contributed by atoms with E-state index in [9.17, 15) is 9.59 Å². The highest BCUT2D eigenvalue weighted by Gasteiger charge is 2.35. The summed E-state index contributed by atoms with van der Waals surface area (Å²) in [5.74, 6) is 0.685. The van der Waals surface area contributed by atoms with Crippen LogP contribution < -0.4 is 14.9 Å². The van der Waals surface area contributed by atoms with E-state index in [0.29, 0.717) is 32.1 Å². The number of benzene rings is 3. The first-order valence-electron chi connectivity index (χ1n) is 13.4. The van der Waals surface area contributed by atoms with E-state index in [0.717, 1.165) is 30.5 Å². The number of hydrogen-bond donors (Lipinski definition) is 0. The Labute approximate surface area is 272 Å². The molecule has 0 saturated heterocycles. The Morgan fingerprint density at radius 1 is 1.07 bits per heavy atom. The number of carbonyl (C=O) groups excluding carboxylic acids is 1. The highest BCUT2D eigenvalue weighted by Crippen LogP contribution is 2.36. The zero-order valence-electron chi connectivity index (χ0n) is 23.0. The fourth-order valence-electron chi connectivity index (χ4n) is 4.93. The average molecular weight is 737 g/mol. The number of thioether (sulfide) groups is 1. The van der Waals surface area contributed by atoms with Crippen molar-refractivity contribution in [2.45, 2.75) is 17.9 Å². The molecular formula is C33H24Br2N2O4S2. The first-order valence-corrected chi connectivity index (χ1v) is 17.0. The van der Waals surface area contributed by atoms with Crippen LogP contribution in [-0.4, -0.2) is 23.4 Å². The fraction of sp³-hybridized carbons (Fsp3) is 0.121. The number of ether oxygens (including phenoxy) is 1. The minimum absolute atomic E-state index is 0.196. The standard InChI is InChI=1S/C33H24Br2N2O4S2/c1-3-40-32(39)28-29(19-7-5-4-6-8-19)36-33-37(30(28)20-9-13-23(42-2)14-10-20)31(38)27(43-33)18-22-12-16-26(41-22)24-17-21(34)11-15-25(24)35/h4-18,30H,3H2,1-2H3/b27-18+/t30-/m1/s1. The maximum Gasteiger partial charge on any atom is 0.338 e. The minimum Gasteiger partial charge on any atom is -0.463 e. The lowest BCUT2D eigenvalue weighted by atomic mass is 9.93. The predicted molar refractivity (Wildman–Crippen MR) is 179 cm³/mol. The van der Waals surface area contributed by atoms with Gasteiger partial charge in [-0.15, -0.1) is 11.8 Å². The van der Waals surface area contributed by atoms with E-state index < -0.39 is 12.0 Å². The summed E-state index contributed by atoms with van der Waals surface area (Å²) in [4.78, 5) is 34.2. The molecule has 3 aromatic carbocycles. The van der Waals surface area contributed by atoms with E-state index in [1.165, 1.54) is 11.3 Å². The number of rotatable bonds is 7. The van der Waals surface area contributed by atoms with Gasteiger partial charge in [0, 0.05) is 31.0 Å². The molecular weight excluding hydrogens is 712 g/mol. The first kappa shape index (κ1) is 29.6. The number of nitrogens with zero attached hydrogens (tertiary/aromatic N) is 2. The summed E-state index contributed by atoms with van der Waals surface area (Å²) in [5, 5.41) is 0. The van der Waals surface area contributed by atoms with Crippen molar-refractivity contribution in [3.63, 3.8) is 0 Å². The largest absolute Gasteiger partial charge is 0.463 e. The number of aromatic nitrogens is 1. The van der Waals surface area contributed by atoms with Crippen LogP contribution in [-0.2, 0) is 9.53 Å². The quantitative estimate of drug-likeness (QED) is 0.128. The first-order chi connectivity index (χ1) is 20.9. The molecule has 6 nitrogen and oxygen atoms in total. The summed E-state index contributed by atoms with van der Waals surface area (Å²) in [6.07, 6.45) is 3.73. The van der Waals surface area contributed by atoms with Crippen LogP contribution in [0.25, 0.3) is 23.1 Å². The van der Waals surface area contributed by atoms with Gasteiger partial charge in [0.1, 0.15) is 11.5 Å². The Bertz CT molecular complexity index is 2040. The second-order valence-corrected chi connectivity index (χ2v) is 13.2. The molecule has 1 atom stereocenters. The van der Waals surface area contributed by atoms with E-state index in [-0.39, 0.29) is 12.2 Å². The van der Waals surface area contributed by atoms with Crippen molar-refractivity contribution in [3.8, 4) is 11.3 Å². The molecule has 0 spiro atoms. The van der Waals surface area contributed by atoms with Gasteiger partial charge in [0.05, 0.1) is 28.5 Å². The molecule has 10 heteroatoms.